The lowest BCUT2D eigenvalue weighted by Crippen LogP contribution is -2.20. The third-order valence-electron chi connectivity index (χ3n) is 3.13. The van der Waals surface area contributed by atoms with Gasteiger partial charge in [-0.05, 0) is 22.4 Å². The van der Waals surface area contributed by atoms with E-state index in [0.717, 1.165) is 33.9 Å². The van der Waals surface area contributed by atoms with Crippen molar-refractivity contribution in [1.29, 1.82) is 0 Å². The molecule has 3 rings (SSSR count). The highest BCUT2D eigenvalue weighted by Gasteiger charge is 2.12. The second-order valence-electron chi connectivity index (χ2n) is 4.40. The minimum atomic E-state index is 0.283. The highest BCUT2D eigenvalue weighted by Crippen LogP contribution is 2.19. The Morgan fingerprint density at radius 2 is 2.25 bits per heavy atom. The van der Waals surface area contributed by atoms with Crippen LogP contribution in [0.15, 0.2) is 34.8 Å². The van der Waals surface area contributed by atoms with Gasteiger partial charge in [-0.2, -0.15) is 0 Å². The van der Waals surface area contributed by atoms with Crippen molar-refractivity contribution in [3.8, 4) is 0 Å². The lowest BCUT2D eigenvalue weighted by atomic mass is 10.2. The summed E-state index contributed by atoms with van der Waals surface area (Å²) >= 11 is 5.07. The maximum atomic E-state index is 4.38. The molecule has 0 bridgehead atoms. The molecule has 1 atom stereocenters. The fourth-order valence-corrected chi connectivity index (χ4v) is 3.19. The van der Waals surface area contributed by atoms with Crippen LogP contribution in [-0.4, -0.2) is 19.4 Å². The van der Waals surface area contributed by atoms with Gasteiger partial charge in [-0.3, -0.25) is 4.40 Å². The molecule has 0 amide bonds. The first-order valence-corrected chi connectivity index (χ1v) is 8.05. The van der Waals surface area contributed by atoms with E-state index in [2.05, 4.69) is 43.1 Å². The van der Waals surface area contributed by atoms with Crippen molar-refractivity contribution in [2.75, 3.05) is 0 Å². The summed E-state index contributed by atoms with van der Waals surface area (Å²) in [5.41, 5.74) is 1.96. The van der Waals surface area contributed by atoms with Crippen molar-refractivity contribution >= 4 is 32.9 Å². The van der Waals surface area contributed by atoms with Crippen LogP contribution in [0.2, 0.25) is 0 Å². The zero-order chi connectivity index (χ0) is 13.9. The Kier molecular flexibility index (Phi) is 4.09. The van der Waals surface area contributed by atoms with Gasteiger partial charge in [0.25, 0.3) is 0 Å². The smallest absolute Gasteiger partial charge is 0.155 e. The van der Waals surface area contributed by atoms with Gasteiger partial charge in [-0.25, -0.2) is 15.0 Å². The third kappa shape index (κ3) is 2.74. The summed E-state index contributed by atoms with van der Waals surface area (Å²) in [4.78, 5) is 12.9. The average molecular weight is 352 g/mol. The summed E-state index contributed by atoms with van der Waals surface area (Å²) < 4.78 is 2.84. The monoisotopic (exact) mass is 351 g/mol. The Labute approximate surface area is 129 Å². The fraction of sp³-hybridized carbons (Fsp3) is 0.308. The van der Waals surface area contributed by atoms with Gasteiger partial charge in [0.15, 0.2) is 5.65 Å². The molecule has 0 fully saturated rings. The van der Waals surface area contributed by atoms with E-state index in [9.17, 15) is 0 Å². The quantitative estimate of drug-likeness (QED) is 0.766. The zero-order valence-corrected chi connectivity index (χ0v) is 13.4. The first-order chi connectivity index (χ1) is 9.78. The fourth-order valence-electron chi connectivity index (χ4n) is 2.09. The molecule has 20 heavy (non-hydrogen) atoms. The standard InChI is InChI=1S/C13H14BrN5S/c1-2-10(13-15-3-4-20-13)16-5-9-6-18-12-7-17-11(14)8-19(9)12/h3-4,6-8,10,16H,2,5H2,1H3. The van der Waals surface area contributed by atoms with Gasteiger partial charge in [-0.15, -0.1) is 11.3 Å². The van der Waals surface area contributed by atoms with Gasteiger partial charge in [0.1, 0.15) is 9.61 Å². The topological polar surface area (TPSA) is 55.1 Å². The Bertz CT molecular complexity index is 694. The van der Waals surface area contributed by atoms with Crippen LogP contribution < -0.4 is 5.32 Å². The van der Waals surface area contributed by atoms with Crippen molar-refractivity contribution < 1.29 is 0 Å². The first kappa shape index (κ1) is 13.7. The number of hydrogen-bond acceptors (Lipinski definition) is 5. The van der Waals surface area contributed by atoms with Gasteiger partial charge in [0.05, 0.1) is 24.1 Å². The van der Waals surface area contributed by atoms with E-state index in [0.29, 0.717) is 0 Å². The molecular formula is C13H14BrN5S. The molecule has 0 saturated carbocycles. The van der Waals surface area contributed by atoms with E-state index in [1.54, 1.807) is 17.5 Å². The molecule has 1 unspecified atom stereocenters. The van der Waals surface area contributed by atoms with Crippen LogP contribution in [0.1, 0.15) is 30.1 Å². The molecule has 104 valence electrons. The highest BCUT2D eigenvalue weighted by atomic mass is 79.9. The van der Waals surface area contributed by atoms with Crippen molar-refractivity contribution in [2.45, 2.75) is 25.9 Å². The molecule has 0 aliphatic heterocycles. The van der Waals surface area contributed by atoms with Gasteiger partial charge in [0.2, 0.25) is 0 Å². The summed E-state index contributed by atoms with van der Waals surface area (Å²) in [5, 5.41) is 6.68. The minimum absolute atomic E-state index is 0.283. The summed E-state index contributed by atoms with van der Waals surface area (Å²) in [6.45, 7) is 2.91. The van der Waals surface area contributed by atoms with Crippen molar-refractivity contribution in [2.24, 2.45) is 0 Å². The number of hydrogen-bond donors (Lipinski definition) is 1. The summed E-state index contributed by atoms with van der Waals surface area (Å²) in [7, 11) is 0. The van der Waals surface area contributed by atoms with Crippen LogP contribution in [0.5, 0.6) is 0 Å². The first-order valence-electron chi connectivity index (χ1n) is 6.38. The summed E-state index contributed by atoms with van der Waals surface area (Å²) in [6.07, 6.45) is 8.43. The normalized spacial score (nSPS) is 12.9. The predicted molar refractivity (Wildman–Crippen MR) is 82.7 cm³/mol. The summed E-state index contributed by atoms with van der Waals surface area (Å²) in [5.74, 6) is 0. The van der Waals surface area contributed by atoms with Crippen LogP contribution in [0.3, 0.4) is 0 Å². The number of nitrogens with zero attached hydrogens (tertiary/aromatic N) is 4. The van der Waals surface area contributed by atoms with Crippen LogP contribution >= 0.6 is 27.3 Å². The van der Waals surface area contributed by atoms with Crippen LogP contribution in [0.4, 0.5) is 0 Å². The van der Waals surface area contributed by atoms with Crippen molar-refractivity contribution in [1.82, 2.24) is 24.7 Å². The lowest BCUT2D eigenvalue weighted by Gasteiger charge is -2.14. The molecule has 0 aliphatic rings. The molecule has 0 radical (unpaired) electrons. The van der Waals surface area contributed by atoms with Gasteiger partial charge < -0.3 is 5.32 Å². The second-order valence-corrected chi connectivity index (χ2v) is 6.14. The van der Waals surface area contributed by atoms with Crippen LogP contribution in [-0.2, 0) is 6.54 Å². The van der Waals surface area contributed by atoms with E-state index in [4.69, 9.17) is 0 Å². The van der Waals surface area contributed by atoms with Gasteiger partial charge >= 0.3 is 0 Å². The third-order valence-corrected chi connectivity index (χ3v) is 4.43. The number of thiazole rings is 1. The molecule has 5 nitrogen and oxygen atoms in total. The molecular weight excluding hydrogens is 338 g/mol. The van der Waals surface area contributed by atoms with Gasteiger partial charge in [-0.1, -0.05) is 6.92 Å². The molecule has 0 spiro atoms. The number of halogens is 1. The highest BCUT2D eigenvalue weighted by molar-refractivity contribution is 9.10. The largest absolute Gasteiger partial charge is 0.302 e. The molecule has 3 aromatic heterocycles. The Balaban J connectivity index is 1.78. The van der Waals surface area contributed by atoms with E-state index in [-0.39, 0.29) is 6.04 Å². The number of aromatic nitrogens is 4. The Morgan fingerprint density at radius 3 is 3.00 bits per heavy atom. The number of imidazole rings is 1. The van der Waals surface area contributed by atoms with Crippen LogP contribution in [0.25, 0.3) is 5.65 Å². The van der Waals surface area contributed by atoms with Crippen LogP contribution in [0, 0.1) is 0 Å². The maximum absolute atomic E-state index is 4.38. The number of fused-ring (bicyclic) bond motifs is 1. The molecule has 3 heterocycles. The lowest BCUT2D eigenvalue weighted by molar-refractivity contribution is 0.510. The number of nitrogens with one attached hydrogen (secondary N) is 1. The molecule has 0 saturated heterocycles. The number of rotatable bonds is 5. The van der Waals surface area contributed by atoms with Gasteiger partial charge in [0, 0.05) is 24.3 Å². The molecule has 0 aliphatic carbocycles. The van der Waals surface area contributed by atoms with E-state index in [1.807, 2.05) is 28.4 Å². The maximum Gasteiger partial charge on any atom is 0.155 e. The molecule has 7 heteroatoms. The van der Waals surface area contributed by atoms with Crippen molar-refractivity contribution in [3.05, 3.63) is 45.5 Å². The molecule has 1 N–H and O–H groups in total. The second kappa shape index (κ2) is 5.99. The zero-order valence-electron chi connectivity index (χ0n) is 11.0. The average Bonchev–Trinajstić information content (AvgIpc) is 3.09. The molecule has 0 aromatic carbocycles. The SMILES string of the molecule is CCC(NCc1cnc2cnc(Br)cn12)c1nccs1. The molecule has 3 aromatic rings. The van der Waals surface area contributed by atoms with E-state index >= 15 is 0 Å². The van der Waals surface area contributed by atoms with Crippen molar-refractivity contribution in [3.63, 3.8) is 0 Å². The Morgan fingerprint density at radius 1 is 1.35 bits per heavy atom. The predicted octanol–water partition coefficient (Wildman–Crippen LogP) is 3.19. The summed E-state index contributed by atoms with van der Waals surface area (Å²) in [6, 6.07) is 0.283. The van der Waals surface area contributed by atoms with E-state index in [1.165, 1.54) is 0 Å². The Hall–Kier alpha value is -1.31. The minimum Gasteiger partial charge on any atom is -0.302 e. The van der Waals surface area contributed by atoms with E-state index < -0.39 is 0 Å².